The number of hydrogen-bond acceptors (Lipinski definition) is 4. The summed E-state index contributed by atoms with van der Waals surface area (Å²) in [5, 5.41) is 0. The lowest BCUT2D eigenvalue weighted by Gasteiger charge is -2.38. The number of benzene rings is 1. The molecular formula is C24H42N4. The van der Waals surface area contributed by atoms with Crippen molar-refractivity contribution in [2.75, 3.05) is 64.3 Å². The van der Waals surface area contributed by atoms with E-state index in [0.29, 0.717) is 6.04 Å². The standard InChI is InChI=1S/C24H42N4/c1-21(2)27-16-18-28(19-17-27)24-8-6-23(7-9-24)20-25(4)12-5-13-26-14-10-22(3)11-15-26/h6-9,21-22H,5,10-20H2,1-4H3. The highest BCUT2D eigenvalue weighted by Gasteiger charge is 2.19. The molecule has 0 aromatic heterocycles. The molecule has 1 aromatic carbocycles. The predicted molar refractivity (Wildman–Crippen MR) is 121 cm³/mol. The van der Waals surface area contributed by atoms with E-state index >= 15 is 0 Å². The van der Waals surface area contributed by atoms with E-state index in [2.05, 4.69) is 71.7 Å². The number of piperidine rings is 1. The van der Waals surface area contributed by atoms with Gasteiger partial charge in [-0.05, 0) is 90.0 Å². The lowest BCUT2D eigenvalue weighted by Crippen LogP contribution is -2.48. The molecule has 0 amide bonds. The predicted octanol–water partition coefficient (Wildman–Crippen LogP) is 3.77. The molecule has 0 unspecified atom stereocenters. The Labute approximate surface area is 173 Å². The Bertz CT molecular complexity index is 554. The summed E-state index contributed by atoms with van der Waals surface area (Å²) in [6.07, 6.45) is 4.05. The summed E-state index contributed by atoms with van der Waals surface area (Å²) in [7, 11) is 2.26. The van der Waals surface area contributed by atoms with Gasteiger partial charge in [0.2, 0.25) is 0 Å². The average molecular weight is 387 g/mol. The molecule has 0 spiro atoms. The van der Waals surface area contributed by atoms with E-state index in [-0.39, 0.29) is 0 Å². The summed E-state index contributed by atoms with van der Waals surface area (Å²) in [5.41, 5.74) is 2.81. The third kappa shape index (κ3) is 6.47. The first kappa shape index (κ1) is 21.6. The van der Waals surface area contributed by atoms with Gasteiger partial charge in [-0.3, -0.25) is 4.90 Å². The maximum Gasteiger partial charge on any atom is 0.0367 e. The lowest BCUT2D eigenvalue weighted by molar-refractivity contribution is 0.181. The molecule has 0 saturated carbocycles. The van der Waals surface area contributed by atoms with Crippen molar-refractivity contribution in [2.24, 2.45) is 5.92 Å². The first-order valence-corrected chi connectivity index (χ1v) is 11.5. The van der Waals surface area contributed by atoms with Crippen LogP contribution in [0.5, 0.6) is 0 Å². The third-order valence-corrected chi connectivity index (χ3v) is 6.69. The van der Waals surface area contributed by atoms with E-state index in [4.69, 9.17) is 0 Å². The summed E-state index contributed by atoms with van der Waals surface area (Å²) in [6.45, 7) is 17.7. The van der Waals surface area contributed by atoms with Crippen molar-refractivity contribution in [3.05, 3.63) is 29.8 Å². The Morgan fingerprint density at radius 1 is 0.964 bits per heavy atom. The smallest absolute Gasteiger partial charge is 0.0367 e. The second-order valence-electron chi connectivity index (χ2n) is 9.40. The summed E-state index contributed by atoms with van der Waals surface area (Å²) < 4.78 is 0. The molecule has 0 N–H and O–H groups in total. The molecule has 28 heavy (non-hydrogen) atoms. The van der Waals surface area contributed by atoms with Gasteiger partial charge in [-0.1, -0.05) is 19.1 Å². The SMILES string of the molecule is CC1CCN(CCCN(C)Cc2ccc(N3CCN(C(C)C)CC3)cc2)CC1. The van der Waals surface area contributed by atoms with E-state index in [1.165, 1.54) is 69.8 Å². The van der Waals surface area contributed by atoms with Gasteiger partial charge in [-0.15, -0.1) is 0 Å². The van der Waals surface area contributed by atoms with E-state index in [1.807, 2.05) is 0 Å². The molecular weight excluding hydrogens is 344 g/mol. The van der Waals surface area contributed by atoms with E-state index in [1.54, 1.807) is 0 Å². The molecule has 2 aliphatic rings. The van der Waals surface area contributed by atoms with Crippen molar-refractivity contribution >= 4 is 5.69 Å². The number of hydrogen-bond donors (Lipinski definition) is 0. The Kier molecular flexibility index (Phi) is 8.19. The molecule has 0 atom stereocenters. The molecule has 2 aliphatic heterocycles. The van der Waals surface area contributed by atoms with Crippen molar-refractivity contribution in [1.29, 1.82) is 0 Å². The van der Waals surface area contributed by atoms with Crippen LogP contribution in [-0.4, -0.2) is 80.1 Å². The van der Waals surface area contributed by atoms with Gasteiger partial charge in [0.25, 0.3) is 0 Å². The minimum Gasteiger partial charge on any atom is -0.369 e. The van der Waals surface area contributed by atoms with Crippen molar-refractivity contribution < 1.29 is 0 Å². The van der Waals surface area contributed by atoms with Crippen LogP contribution in [0.15, 0.2) is 24.3 Å². The van der Waals surface area contributed by atoms with Gasteiger partial charge in [0.05, 0.1) is 0 Å². The topological polar surface area (TPSA) is 13.0 Å². The fraction of sp³-hybridized carbons (Fsp3) is 0.750. The number of likely N-dealkylation sites (tertiary alicyclic amines) is 1. The second-order valence-corrected chi connectivity index (χ2v) is 9.40. The maximum absolute atomic E-state index is 2.65. The van der Waals surface area contributed by atoms with Crippen molar-refractivity contribution in [2.45, 2.75) is 52.6 Å². The number of piperazine rings is 1. The fourth-order valence-corrected chi connectivity index (χ4v) is 4.55. The highest BCUT2D eigenvalue weighted by molar-refractivity contribution is 5.48. The summed E-state index contributed by atoms with van der Waals surface area (Å²) in [4.78, 5) is 10.2. The van der Waals surface area contributed by atoms with Gasteiger partial charge in [-0.25, -0.2) is 0 Å². The quantitative estimate of drug-likeness (QED) is 0.674. The Hall–Kier alpha value is -1.10. The second kappa shape index (κ2) is 10.6. The minimum absolute atomic E-state index is 0.665. The van der Waals surface area contributed by atoms with Crippen molar-refractivity contribution in [1.82, 2.24) is 14.7 Å². The third-order valence-electron chi connectivity index (χ3n) is 6.69. The van der Waals surface area contributed by atoms with Crippen LogP contribution in [0.3, 0.4) is 0 Å². The van der Waals surface area contributed by atoms with E-state index in [9.17, 15) is 0 Å². The van der Waals surface area contributed by atoms with Gasteiger partial charge in [0, 0.05) is 44.5 Å². The van der Waals surface area contributed by atoms with Crippen LogP contribution in [-0.2, 0) is 6.54 Å². The van der Waals surface area contributed by atoms with E-state index < -0.39 is 0 Å². The average Bonchev–Trinajstić information content (AvgIpc) is 2.70. The summed E-state index contributed by atoms with van der Waals surface area (Å²) >= 11 is 0. The zero-order valence-electron chi connectivity index (χ0n) is 18.7. The van der Waals surface area contributed by atoms with Crippen LogP contribution < -0.4 is 4.90 Å². The maximum atomic E-state index is 2.65. The largest absolute Gasteiger partial charge is 0.369 e. The van der Waals surface area contributed by atoms with Crippen LogP contribution in [0, 0.1) is 5.92 Å². The van der Waals surface area contributed by atoms with Gasteiger partial charge in [-0.2, -0.15) is 0 Å². The van der Waals surface area contributed by atoms with E-state index in [0.717, 1.165) is 25.6 Å². The normalized spacial score (nSPS) is 20.4. The Morgan fingerprint density at radius 2 is 1.61 bits per heavy atom. The first-order chi connectivity index (χ1) is 13.5. The Balaban J connectivity index is 1.37. The molecule has 4 nitrogen and oxygen atoms in total. The zero-order chi connectivity index (χ0) is 19.9. The minimum atomic E-state index is 0.665. The molecule has 2 heterocycles. The molecule has 0 aliphatic carbocycles. The van der Waals surface area contributed by atoms with Crippen LogP contribution in [0.2, 0.25) is 0 Å². The first-order valence-electron chi connectivity index (χ1n) is 11.5. The Morgan fingerprint density at radius 3 is 2.21 bits per heavy atom. The number of nitrogens with zero attached hydrogens (tertiary/aromatic N) is 4. The molecule has 1 aromatic rings. The summed E-state index contributed by atoms with van der Waals surface area (Å²) in [5.74, 6) is 0.931. The van der Waals surface area contributed by atoms with Crippen LogP contribution in [0.4, 0.5) is 5.69 Å². The van der Waals surface area contributed by atoms with Crippen LogP contribution in [0.1, 0.15) is 45.6 Å². The van der Waals surface area contributed by atoms with Crippen molar-refractivity contribution in [3.8, 4) is 0 Å². The fourth-order valence-electron chi connectivity index (χ4n) is 4.55. The molecule has 158 valence electrons. The highest BCUT2D eigenvalue weighted by atomic mass is 15.3. The number of anilines is 1. The molecule has 4 heteroatoms. The van der Waals surface area contributed by atoms with Gasteiger partial charge in [0.1, 0.15) is 0 Å². The number of rotatable bonds is 8. The van der Waals surface area contributed by atoms with Gasteiger partial charge < -0.3 is 14.7 Å². The van der Waals surface area contributed by atoms with Crippen LogP contribution in [0.25, 0.3) is 0 Å². The highest BCUT2D eigenvalue weighted by Crippen LogP contribution is 2.19. The molecule has 2 fully saturated rings. The van der Waals surface area contributed by atoms with Crippen LogP contribution >= 0.6 is 0 Å². The molecule has 0 radical (unpaired) electrons. The lowest BCUT2D eigenvalue weighted by atomic mass is 9.99. The summed E-state index contributed by atoms with van der Waals surface area (Å²) in [6, 6.07) is 9.96. The molecule has 0 bridgehead atoms. The van der Waals surface area contributed by atoms with Crippen molar-refractivity contribution in [3.63, 3.8) is 0 Å². The van der Waals surface area contributed by atoms with Gasteiger partial charge in [0.15, 0.2) is 0 Å². The molecule has 2 saturated heterocycles. The zero-order valence-corrected chi connectivity index (χ0v) is 18.7. The molecule has 3 rings (SSSR count). The van der Waals surface area contributed by atoms with Gasteiger partial charge >= 0.3 is 0 Å². The monoisotopic (exact) mass is 386 g/mol.